The maximum Gasteiger partial charge on any atom is 0.107 e. The van der Waals surface area contributed by atoms with Crippen LogP contribution in [0.2, 0.25) is 0 Å². The van der Waals surface area contributed by atoms with Crippen LogP contribution in [0.5, 0.6) is 0 Å². The zero-order chi connectivity index (χ0) is 13.7. The van der Waals surface area contributed by atoms with E-state index in [0.29, 0.717) is 0 Å². The molecule has 2 unspecified atom stereocenters. The van der Waals surface area contributed by atoms with Gasteiger partial charge in [-0.1, -0.05) is 20.8 Å². The van der Waals surface area contributed by atoms with Gasteiger partial charge in [-0.15, -0.1) is 11.3 Å². The van der Waals surface area contributed by atoms with E-state index in [4.69, 9.17) is 4.98 Å². The molecule has 0 spiro atoms. The highest BCUT2D eigenvalue weighted by atomic mass is 32.1. The molecule has 1 aromatic rings. The van der Waals surface area contributed by atoms with E-state index in [2.05, 4.69) is 36.4 Å². The van der Waals surface area contributed by atoms with Gasteiger partial charge in [0.25, 0.3) is 0 Å². The first kappa shape index (κ1) is 14.9. The molecule has 0 amide bonds. The van der Waals surface area contributed by atoms with E-state index in [-0.39, 0.29) is 0 Å². The normalized spacial score (nSPS) is 24.8. The standard InChI is InChI=1S/C15H27N3S/c1-4-6-16-8-15-17-14(11-19-15)10-18-7-5-12(2)13(3)9-18/h11-13,16H,4-10H2,1-3H3. The maximum atomic E-state index is 4.73. The summed E-state index contributed by atoms with van der Waals surface area (Å²) in [5, 5.41) is 6.87. The molecule has 19 heavy (non-hydrogen) atoms. The van der Waals surface area contributed by atoms with E-state index < -0.39 is 0 Å². The van der Waals surface area contributed by atoms with Gasteiger partial charge in [0.2, 0.25) is 0 Å². The molecular formula is C15H27N3S. The van der Waals surface area contributed by atoms with Crippen molar-refractivity contribution >= 4 is 11.3 Å². The van der Waals surface area contributed by atoms with E-state index >= 15 is 0 Å². The number of aromatic nitrogens is 1. The van der Waals surface area contributed by atoms with Gasteiger partial charge in [-0.3, -0.25) is 4.90 Å². The number of piperidine rings is 1. The van der Waals surface area contributed by atoms with Gasteiger partial charge in [0.05, 0.1) is 5.69 Å². The Morgan fingerprint density at radius 2 is 2.26 bits per heavy atom. The summed E-state index contributed by atoms with van der Waals surface area (Å²) in [6.45, 7) is 12.4. The average Bonchev–Trinajstić information content (AvgIpc) is 2.82. The third kappa shape index (κ3) is 4.55. The minimum Gasteiger partial charge on any atom is -0.310 e. The molecule has 0 aliphatic carbocycles. The summed E-state index contributed by atoms with van der Waals surface area (Å²) in [7, 11) is 0. The van der Waals surface area contributed by atoms with E-state index in [1.807, 2.05) is 0 Å². The second-order valence-corrected chi connectivity index (χ2v) is 6.83. The Morgan fingerprint density at radius 1 is 1.42 bits per heavy atom. The number of nitrogens with one attached hydrogen (secondary N) is 1. The SMILES string of the molecule is CCCNCc1nc(CN2CCC(C)C(C)C2)cs1. The zero-order valence-electron chi connectivity index (χ0n) is 12.5. The fourth-order valence-corrected chi connectivity index (χ4v) is 3.35. The number of hydrogen-bond acceptors (Lipinski definition) is 4. The molecule has 1 saturated heterocycles. The van der Waals surface area contributed by atoms with Crippen LogP contribution < -0.4 is 5.32 Å². The van der Waals surface area contributed by atoms with Crippen LogP contribution >= 0.6 is 11.3 Å². The summed E-state index contributed by atoms with van der Waals surface area (Å²) in [5.41, 5.74) is 1.25. The average molecular weight is 281 g/mol. The van der Waals surface area contributed by atoms with Crippen LogP contribution in [0.25, 0.3) is 0 Å². The molecule has 4 heteroatoms. The highest BCUT2D eigenvalue weighted by Gasteiger charge is 2.22. The second kappa shape index (κ2) is 7.36. The van der Waals surface area contributed by atoms with Crippen LogP contribution in [0, 0.1) is 11.8 Å². The van der Waals surface area contributed by atoms with Crippen molar-refractivity contribution in [1.82, 2.24) is 15.2 Å². The van der Waals surface area contributed by atoms with Gasteiger partial charge in [-0.25, -0.2) is 4.98 Å². The summed E-state index contributed by atoms with van der Waals surface area (Å²) >= 11 is 1.79. The molecular weight excluding hydrogens is 254 g/mol. The van der Waals surface area contributed by atoms with E-state index in [0.717, 1.165) is 31.5 Å². The topological polar surface area (TPSA) is 28.2 Å². The van der Waals surface area contributed by atoms with Gasteiger partial charge in [0.1, 0.15) is 5.01 Å². The van der Waals surface area contributed by atoms with Crippen LogP contribution in [-0.2, 0) is 13.1 Å². The Balaban J connectivity index is 1.79. The largest absolute Gasteiger partial charge is 0.310 e. The van der Waals surface area contributed by atoms with Crippen LogP contribution in [0.4, 0.5) is 0 Å². The summed E-state index contributed by atoms with van der Waals surface area (Å²) in [5.74, 6) is 1.69. The lowest BCUT2D eigenvalue weighted by molar-refractivity contribution is 0.131. The molecule has 3 nitrogen and oxygen atoms in total. The number of thiazole rings is 1. The minimum absolute atomic E-state index is 0.818. The predicted octanol–water partition coefficient (Wildman–Crippen LogP) is 3.12. The molecule has 2 rings (SSSR count). The molecule has 1 N–H and O–H groups in total. The minimum atomic E-state index is 0.818. The van der Waals surface area contributed by atoms with Crippen molar-refractivity contribution in [3.63, 3.8) is 0 Å². The van der Waals surface area contributed by atoms with Gasteiger partial charge < -0.3 is 5.32 Å². The highest BCUT2D eigenvalue weighted by Crippen LogP contribution is 2.24. The number of hydrogen-bond donors (Lipinski definition) is 1. The lowest BCUT2D eigenvalue weighted by atomic mass is 9.89. The molecule has 108 valence electrons. The molecule has 1 fully saturated rings. The Hall–Kier alpha value is -0.450. The molecule has 2 atom stereocenters. The van der Waals surface area contributed by atoms with Gasteiger partial charge in [0, 0.05) is 25.0 Å². The van der Waals surface area contributed by atoms with Crippen molar-refractivity contribution in [3.05, 3.63) is 16.1 Å². The quantitative estimate of drug-likeness (QED) is 0.812. The molecule has 0 aromatic carbocycles. The summed E-state index contributed by atoms with van der Waals surface area (Å²) in [6.07, 6.45) is 2.51. The zero-order valence-corrected chi connectivity index (χ0v) is 13.3. The molecule has 0 saturated carbocycles. The molecule has 0 bridgehead atoms. The monoisotopic (exact) mass is 281 g/mol. The molecule has 2 heterocycles. The van der Waals surface area contributed by atoms with Crippen LogP contribution in [-0.4, -0.2) is 29.5 Å². The summed E-state index contributed by atoms with van der Waals surface area (Å²) in [4.78, 5) is 7.29. The van der Waals surface area contributed by atoms with Crippen LogP contribution in [0.1, 0.15) is 44.3 Å². The van der Waals surface area contributed by atoms with Crippen molar-refractivity contribution in [3.8, 4) is 0 Å². The van der Waals surface area contributed by atoms with Crippen molar-refractivity contribution < 1.29 is 0 Å². The number of nitrogens with zero attached hydrogens (tertiary/aromatic N) is 2. The Kier molecular flexibility index (Phi) is 5.79. The lowest BCUT2D eigenvalue weighted by Crippen LogP contribution is -2.37. The molecule has 1 aliphatic rings. The smallest absolute Gasteiger partial charge is 0.107 e. The van der Waals surface area contributed by atoms with Gasteiger partial charge in [0.15, 0.2) is 0 Å². The number of likely N-dealkylation sites (tertiary alicyclic amines) is 1. The first-order valence-corrected chi connectivity index (χ1v) is 8.43. The first-order chi connectivity index (χ1) is 9.19. The maximum absolute atomic E-state index is 4.73. The van der Waals surface area contributed by atoms with Crippen molar-refractivity contribution in [2.24, 2.45) is 11.8 Å². The highest BCUT2D eigenvalue weighted by molar-refractivity contribution is 7.09. The van der Waals surface area contributed by atoms with Crippen LogP contribution in [0.15, 0.2) is 5.38 Å². The lowest BCUT2D eigenvalue weighted by Gasteiger charge is -2.34. The van der Waals surface area contributed by atoms with E-state index in [1.165, 1.54) is 36.6 Å². The van der Waals surface area contributed by atoms with Gasteiger partial charge >= 0.3 is 0 Å². The molecule has 1 aliphatic heterocycles. The summed E-state index contributed by atoms with van der Waals surface area (Å²) in [6, 6.07) is 0. The van der Waals surface area contributed by atoms with Crippen molar-refractivity contribution in [2.45, 2.75) is 46.7 Å². The summed E-state index contributed by atoms with van der Waals surface area (Å²) < 4.78 is 0. The third-order valence-corrected chi connectivity index (χ3v) is 5.00. The first-order valence-electron chi connectivity index (χ1n) is 7.55. The third-order valence-electron chi connectivity index (χ3n) is 4.11. The number of rotatable bonds is 6. The molecule has 0 radical (unpaired) electrons. The van der Waals surface area contributed by atoms with Crippen molar-refractivity contribution in [1.29, 1.82) is 0 Å². The Labute approximate surface area is 121 Å². The second-order valence-electron chi connectivity index (χ2n) is 5.89. The van der Waals surface area contributed by atoms with E-state index in [9.17, 15) is 0 Å². The fraction of sp³-hybridized carbons (Fsp3) is 0.800. The predicted molar refractivity (Wildman–Crippen MR) is 82.3 cm³/mol. The van der Waals surface area contributed by atoms with Crippen molar-refractivity contribution in [2.75, 3.05) is 19.6 Å². The Morgan fingerprint density at radius 3 is 3.00 bits per heavy atom. The van der Waals surface area contributed by atoms with E-state index in [1.54, 1.807) is 11.3 Å². The van der Waals surface area contributed by atoms with Gasteiger partial charge in [-0.05, 0) is 37.8 Å². The van der Waals surface area contributed by atoms with Gasteiger partial charge in [-0.2, -0.15) is 0 Å². The fourth-order valence-electron chi connectivity index (χ4n) is 2.60. The Bertz CT molecular complexity index is 377. The van der Waals surface area contributed by atoms with Crippen LogP contribution in [0.3, 0.4) is 0 Å². The molecule has 1 aromatic heterocycles.